The van der Waals surface area contributed by atoms with Gasteiger partial charge >= 0.3 is 0 Å². The number of fused-ring (bicyclic) bond motifs is 10. The van der Waals surface area contributed by atoms with Crippen molar-refractivity contribution in [2.75, 3.05) is 0 Å². The van der Waals surface area contributed by atoms with Crippen molar-refractivity contribution in [3.8, 4) is 39.9 Å². The van der Waals surface area contributed by atoms with Crippen LogP contribution in [0.25, 0.3) is 105 Å². The molecule has 0 radical (unpaired) electrons. The van der Waals surface area contributed by atoms with Crippen molar-refractivity contribution in [3.05, 3.63) is 170 Å². The smallest absolute Gasteiger partial charge is 0.164 e. The molecule has 0 N–H and O–H groups in total. The zero-order valence-corrected chi connectivity index (χ0v) is 27.9. The lowest BCUT2D eigenvalue weighted by molar-refractivity contribution is 0.669. The zero-order valence-electron chi connectivity index (χ0n) is 27.9. The molecule has 52 heavy (non-hydrogen) atoms. The van der Waals surface area contributed by atoms with Gasteiger partial charge in [-0.05, 0) is 58.6 Å². The predicted octanol–water partition coefficient (Wildman–Crippen LogP) is 12.2. The Hall–Kier alpha value is -7.11. The highest BCUT2D eigenvalue weighted by atomic mass is 16.3. The van der Waals surface area contributed by atoms with Crippen molar-refractivity contribution in [1.82, 2.24) is 19.5 Å². The lowest BCUT2D eigenvalue weighted by Crippen LogP contribution is -2.01. The highest BCUT2D eigenvalue weighted by Gasteiger charge is 2.20. The molecule has 11 rings (SSSR count). The van der Waals surface area contributed by atoms with Crippen LogP contribution in [0.15, 0.2) is 174 Å². The first-order chi connectivity index (χ1) is 25.8. The summed E-state index contributed by atoms with van der Waals surface area (Å²) >= 11 is 0. The van der Waals surface area contributed by atoms with E-state index in [0.29, 0.717) is 17.5 Å². The minimum atomic E-state index is 0.603. The molecule has 3 aromatic heterocycles. The van der Waals surface area contributed by atoms with Gasteiger partial charge in [-0.25, -0.2) is 15.0 Å². The number of rotatable bonds is 4. The van der Waals surface area contributed by atoms with Crippen LogP contribution in [0.2, 0.25) is 0 Å². The summed E-state index contributed by atoms with van der Waals surface area (Å²) in [4.78, 5) is 15.2. The van der Waals surface area contributed by atoms with Gasteiger partial charge in [0, 0.05) is 49.3 Å². The van der Waals surface area contributed by atoms with Gasteiger partial charge in [-0.1, -0.05) is 127 Å². The van der Waals surface area contributed by atoms with Crippen molar-refractivity contribution in [1.29, 1.82) is 0 Å². The first kappa shape index (κ1) is 28.7. The van der Waals surface area contributed by atoms with Gasteiger partial charge in [0.25, 0.3) is 0 Å². The maximum Gasteiger partial charge on any atom is 0.164 e. The van der Waals surface area contributed by atoms with E-state index in [0.717, 1.165) is 44.3 Å². The van der Waals surface area contributed by atoms with Gasteiger partial charge in [-0.15, -0.1) is 0 Å². The van der Waals surface area contributed by atoms with Crippen LogP contribution >= 0.6 is 0 Å². The summed E-state index contributed by atoms with van der Waals surface area (Å²) in [5.74, 6) is 1.83. The highest BCUT2D eigenvalue weighted by molar-refractivity contribution is 6.26. The quantitative estimate of drug-likeness (QED) is 0.188. The maximum absolute atomic E-state index is 6.23. The molecular weight excluding hydrogens is 637 g/mol. The standard InChI is InChI=1S/C47H28N4O/c1-2-13-31(14-3-1)45-48-46(50-47(49-45)38-18-10-20-41-43(38)36-17-8-9-19-40(36)52-41)32-21-25-33(26-22-32)51-39-28-24-29-11-4-6-15-34(29)42(39)37-27-23-30-12-5-7-16-35(30)44(37)51/h1-28H. The molecule has 8 aromatic carbocycles. The third-order valence-corrected chi connectivity index (χ3v) is 10.2. The highest BCUT2D eigenvalue weighted by Crippen LogP contribution is 2.41. The van der Waals surface area contributed by atoms with Gasteiger partial charge in [0.15, 0.2) is 17.5 Å². The Morgan fingerprint density at radius 3 is 1.81 bits per heavy atom. The average molecular weight is 665 g/mol. The van der Waals surface area contributed by atoms with Crippen molar-refractivity contribution >= 4 is 65.3 Å². The molecule has 0 amide bonds. The second kappa shape index (κ2) is 11.2. The number of benzene rings is 8. The van der Waals surface area contributed by atoms with Gasteiger partial charge in [0.2, 0.25) is 0 Å². The van der Waals surface area contributed by atoms with E-state index >= 15 is 0 Å². The van der Waals surface area contributed by atoms with E-state index in [1.165, 1.54) is 43.4 Å². The summed E-state index contributed by atoms with van der Waals surface area (Å²) < 4.78 is 8.64. The molecule has 0 fully saturated rings. The van der Waals surface area contributed by atoms with Crippen molar-refractivity contribution in [3.63, 3.8) is 0 Å². The van der Waals surface area contributed by atoms with Gasteiger partial charge in [0.05, 0.1) is 11.0 Å². The third-order valence-electron chi connectivity index (χ3n) is 10.2. The van der Waals surface area contributed by atoms with E-state index in [4.69, 9.17) is 19.4 Å². The van der Waals surface area contributed by atoms with E-state index in [1.54, 1.807) is 0 Å². The fourth-order valence-electron chi connectivity index (χ4n) is 7.88. The van der Waals surface area contributed by atoms with Crippen LogP contribution in [-0.4, -0.2) is 19.5 Å². The molecule has 5 nitrogen and oxygen atoms in total. The Bertz CT molecular complexity index is 3180. The van der Waals surface area contributed by atoms with Crippen LogP contribution in [0.5, 0.6) is 0 Å². The van der Waals surface area contributed by atoms with Crippen LogP contribution in [-0.2, 0) is 0 Å². The number of hydrogen-bond donors (Lipinski definition) is 0. The van der Waals surface area contributed by atoms with Gasteiger partial charge < -0.3 is 8.98 Å². The van der Waals surface area contributed by atoms with Gasteiger partial charge in [-0.2, -0.15) is 0 Å². The predicted molar refractivity (Wildman–Crippen MR) is 213 cm³/mol. The molecule has 0 atom stereocenters. The molecule has 0 aliphatic rings. The molecule has 5 heteroatoms. The number of para-hydroxylation sites is 1. The number of aromatic nitrogens is 4. The van der Waals surface area contributed by atoms with Crippen LogP contribution in [0.1, 0.15) is 0 Å². The van der Waals surface area contributed by atoms with Crippen molar-refractivity contribution < 1.29 is 4.42 Å². The molecule has 0 unspecified atom stereocenters. The topological polar surface area (TPSA) is 56.7 Å². The molecule has 0 spiro atoms. The molecule has 0 bridgehead atoms. The third kappa shape index (κ3) is 4.33. The molecule has 0 aliphatic heterocycles. The molecular formula is C47H28N4O. The first-order valence-electron chi connectivity index (χ1n) is 17.5. The summed E-state index contributed by atoms with van der Waals surface area (Å²) in [5.41, 5.74) is 7.83. The maximum atomic E-state index is 6.23. The van der Waals surface area contributed by atoms with Crippen molar-refractivity contribution in [2.24, 2.45) is 0 Å². The van der Waals surface area contributed by atoms with Gasteiger partial charge in [0.1, 0.15) is 11.2 Å². The monoisotopic (exact) mass is 664 g/mol. The summed E-state index contributed by atoms with van der Waals surface area (Å²) in [6.45, 7) is 0. The minimum absolute atomic E-state index is 0.603. The number of hydrogen-bond acceptors (Lipinski definition) is 4. The summed E-state index contributed by atoms with van der Waals surface area (Å²) in [6.07, 6.45) is 0. The van der Waals surface area contributed by atoms with E-state index in [-0.39, 0.29) is 0 Å². The van der Waals surface area contributed by atoms with Crippen LogP contribution in [0, 0.1) is 0 Å². The molecule has 242 valence electrons. The van der Waals surface area contributed by atoms with E-state index in [2.05, 4.69) is 114 Å². The number of nitrogens with zero attached hydrogens (tertiary/aromatic N) is 4. The lowest BCUT2D eigenvalue weighted by Gasteiger charge is -2.12. The largest absolute Gasteiger partial charge is 0.456 e. The Morgan fingerprint density at radius 2 is 1.00 bits per heavy atom. The Labute approximate surface area is 298 Å². The molecule has 11 aromatic rings. The molecule has 0 saturated heterocycles. The van der Waals surface area contributed by atoms with E-state index in [9.17, 15) is 0 Å². The zero-order chi connectivity index (χ0) is 34.2. The van der Waals surface area contributed by atoms with Gasteiger partial charge in [-0.3, -0.25) is 0 Å². The Morgan fingerprint density at radius 1 is 0.385 bits per heavy atom. The molecule has 0 saturated carbocycles. The lowest BCUT2D eigenvalue weighted by atomic mass is 10.0. The second-order valence-electron chi connectivity index (χ2n) is 13.2. The normalized spacial score (nSPS) is 11.8. The van der Waals surface area contributed by atoms with Crippen LogP contribution in [0.3, 0.4) is 0 Å². The van der Waals surface area contributed by atoms with E-state index in [1.807, 2.05) is 60.7 Å². The van der Waals surface area contributed by atoms with Crippen LogP contribution in [0.4, 0.5) is 0 Å². The SMILES string of the molecule is c1ccc(-c2nc(-c3ccc(-n4c5ccc6ccccc6c5c5ccc6ccccc6c54)cc3)nc(-c3cccc4oc5ccccc5c34)n2)cc1. The van der Waals surface area contributed by atoms with Crippen molar-refractivity contribution in [2.45, 2.75) is 0 Å². The minimum Gasteiger partial charge on any atom is -0.456 e. The fourth-order valence-corrected chi connectivity index (χ4v) is 7.88. The number of furan rings is 1. The summed E-state index contributed by atoms with van der Waals surface area (Å²) in [7, 11) is 0. The fraction of sp³-hybridized carbons (Fsp3) is 0. The second-order valence-corrected chi connectivity index (χ2v) is 13.2. The Balaban J connectivity index is 1.12. The average Bonchev–Trinajstić information content (AvgIpc) is 3.78. The molecule has 3 heterocycles. The summed E-state index contributed by atoms with van der Waals surface area (Å²) in [5, 5.41) is 9.46. The van der Waals surface area contributed by atoms with E-state index < -0.39 is 0 Å². The Kier molecular flexibility index (Phi) is 6.18. The molecule has 0 aliphatic carbocycles. The summed E-state index contributed by atoms with van der Waals surface area (Å²) in [6, 6.07) is 59.2. The van der Waals surface area contributed by atoms with Crippen LogP contribution < -0.4 is 0 Å². The first-order valence-corrected chi connectivity index (χ1v) is 17.5.